The van der Waals surface area contributed by atoms with Gasteiger partial charge in [0.2, 0.25) is 5.91 Å². The molecule has 0 atom stereocenters. The predicted octanol–water partition coefficient (Wildman–Crippen LogP) is 3.61. The van der Waals surface area contributed by atoms with Gasteiger partial charge in [-0.15, -0.1) is 0 Å². The number of carbonyl (C=O) groups excluding carboxylic acids is 1. The zero-order valence-corrected chi connectivity index (χ0v) is 16.0. The average Bonchev–Trinajstić information content (AvgIpc) is 2.70. The lowest BCUT2D eigenvalue weighted by Crippen LogP contribution is -2.39. The van der Waals surface area contributed by atoms with Crippen LogP contribution in [0.2, 0.25) is 5.02 Å². The monoisotopic (exact) mass is 400 g/mol. The minimum atomic E-state index is -0.401. The van der Waals surface area contributed by atoms with Crippen LogP contribution in [-0.4, -0.2) is 35.0 Å². The van der Waals surface area contributed by atoms with Crippen molar-refractivity contribution in [2.75, 3.05) is 13.1 Å². The van der Waals surface area contributed by atoms with Crippen LogP contribution in [-0.2, 0) is 11.3 Å². The molecule has 0 saturated carbocycles. The summed E-state index contributed by atoms with van der Waals surface area (Å²) in [6.45, 7) is 2.31. The molecule has 2 aromatic rings. The minimum Gasteiger partial charge on any atom is -0.299 e. The third kappa shape index (κ3) is 5.37. The number of benzene rings is 2. The normalized spacial score (nSPS) is 15.6. The Labute approximate surface area is 168 Å². The molecule has 0 bridgehead atoms. The van der Waals surface area contributed by atoms with E-state index in [0.717, 1.165) is 43.6 Å². The number of likely N-dealkylation sites (tertiary alicyclic amines) is 1. The highest BCUT2D eigenvalue weighted by atomic mass is 35.5. The Kier molecular flexibility index (Phi) is 6.73. The first kappa shape index (κ1) is 20.0. The Morgan fingerprint density at radius 2 is 1.89 bits per heavy atom. The fraction of sp³-hybridized carbons (Fsp3) is 0.300. The Morgan fingerprint density at radius 1 is 1.21 bits per heavy atom. The van der Waals surface area contributed by atoms with Gasteiger partial charge in [-0.25, -0.2) is 5.43 Å². The molecular weight excluding hydrogens is 380 g/mol. The van der Waals surface area contributed by atoms with Crippen LogP contribution in [0.15, 0.2) is 53.6 Å². The Bertz CT molecular complexity index is 862. The van der Waals surface area contributed by atoms with E-state index in [2.05, 4.69) is 15.4 Å². The molecule has 1 saturated heterocycles. The van der Waals surface area contributed by atoms with E-state index in [1.165, 1.54) is 12.1 Å². The molecule has 28 heavy (non-hydrogen) atoms. The molecule has 3 rings (SSSR count). The number of hydrazone groups is 1. The highest BCUT2D eigenvalue weighted by molar-refractivity contribution is 6.33. The lowest BCUT2D eigenvalue weighted by molar-refractivity contribution is -0.384. The molecule has 1 aliphatic rings. The molecule has 0 unspecified atom stereocenters. The number of nitro benzene ring substituents is 1. The number of rotatable bonds is 6. The molecule has 0 aromatic heterocycles. The molecule has 1 fully saturated rings. The van der Waals surface area contributed by atoms with Gasteiger partial charge in [0.05, 0.1) is 11.1 Å². The molecular formula is C20H21ClN4O3. The van der Waals surface area contributed by atoms with E-state index in [0.29, 0.717) is 5.02 Å². The lowest BCUT2D eigenvalue weighted by Gasteiger charge is -2.30. The summed E-state index contributed by atoms with van der Waals surface area (Å²) in [6, 6.07) is 13.9. The SMILES string of the molecule is O=C(N/N=C/c1ccccc1Cl)C1CCN(Cc2ccc([N+](=O)[O-])cc2)CC1. The first-order chi connectivity index (χ1) is 13.5. The van der Waals surface area contributed by atoms with Crippen molar-refractivity contribution in [2.45, 2.75) is 19.4 Å². The van der Waals surface area contributed by atoms with Gasteiger partial charge in [0, 0.05) is 35.2 Å². The highest BCUT2D eigenvalue weighted by Gasteiger charge is 2.24. The molecule has 1 N–H and O–H groups in total. The van der Waals surface area contributed by atoms with Gasteiger partial charge in [-0.2, -0.15) is 5.10 Å². The van der Waals surface area contributed by atoms with Crippen molar-refractivity contribution >= 4 is 29.4 Å². The summed E-state index contributed by atoms with van der Waals surface area (Å²) >= 11 is 6.05. The maximum Gasteiger partial charge on any atom is 0.269 e. The van der Waals surface area contributed by atoms with Crippen molar-refractivity contribution in [3.8, 4) is 0 Å². The molecule has 1 amide bonds. The Balaban J connectivity index is 1.45. The number of hydrogen-bond donors (Lipinski definition) is 1. The van der Waals surface area contributed by atoms with Crippen molar-refractivity contribution in [2.24, 2.45) is 11.0 Å². The predicted molar refractivity (Wildman–Crippen MR) is 108 cm³/mol. The summed E-state index contributed by atoms with van der Waals surface area (Å²) < 4.78 is 0. The molecule has 1 heterocycles. The third-order valence-electron chi connectivity index (χ3n) is 4.80. The molecule has 1 aliphatic heterocycles. The number of nitrogens with one attached hydrogen (secondary N) is 1. The number of nitro groups is 1. The fourth-order valence-electron chi connectivity index (χ4n) is 3.17. The topological polar surface area (TPSA) is 87.8 Å². The van der Waals surface area contributed by atoms with E-state index in [1.807, 2.05) is 18.2 Å². The second-order valence-electron chi connectivity index (χ2n) is 6.73. The number of halogens is 1. The quantitative estimate of drug-likeness (QED) is 0.455. The van der Waals surface area contributed by atoms with Crippen LogP contribution in [0.25, 0.3) is 0 Å². The van der Waals surface area contributed by atoms with Crippen LogP contribution in [0, 0.1) is 16.0 Å². The largest absolute Gasteiger partial charge is 0.299 e. The van der Waals surface area contributed by atoms with E-state index in [1.54, 1.807) is 24.4 Å². The standard InChI is InChI=1S/C20H21ClN4O3/c21-19-4-2-1-3-17(19)13-22-23-20(26)16-9-11-24(12-10-16)14-15-5-7-18(8-6-15)25(27)28/h1-8,13,16H,9-12,14H2,(H,23,26)/b22-13+. The Morgan fingerprint density at radius 3 is 2.54 bits per heavy atom. The smallest absolute Gasteiger partial charge is 0.269 e. The van der Waals surface area contributed by atoms with Gasteiger partial charge in [0.1, 0.15) is 0 Å². The van der Waals surface area contributed by atoms with E-state index in [9.17, 15) is 14.9 Å². The zero-order chi connectivity index (χ0) is 19.9. The molecule has 146 valence electrons. The van der Waals surface area contributed by atoms with E-state index in [-0.39, 0.29) is 17.5 Å². The van der Waals surface area contributed by atoms with Crippen LogP contribution < -0.4 is 5.43 Å². The fourth-order valence-corrected chi connectivity index (χ4v) is 3.36. The molecule has 7 nitrogen and oxygen atoms in total. The van der Waals surface area contributed by atoms with Crippen molar-refractivity contribution in [1.82, 2.24) is 10.3 Å². The number of carbonyl (C=O) groups is 1. The van der Waals surface area contributed by atoms with E-state index >= 15 is 0 Å². The maximum atomic E-state index is 12.3. The zero-order valence-electron chi connectivity index (χ0n) is 15.3. The van der Waals surface area contributed by atoms with Crippen LogP contribution in [0.4, 0.5) is 5.69 Å². The van der Waals surface area contributed by atoms with Crippen molar-refractivity contribution in [3.63, 3.8) is 0 Å². The number of amides is 1. The van der Waals surface area contributed by atoms with Gasteiger partial charge in [-0.3, -0.25) is 19.8 Å². The van der Waals surface area contributed by atoms with Crippen molar-refractivity contribution in [1.29, 1.82) is 0 Å². The molecule has 2 aromatic carbocycles. The van der Waals surface area contributed by atoms with Gasteiger partial charge in [0.25, 0.3) is 5.69 Å². The van der Waals surface area contributed by atoms with Crippen LogP contribution >= 0.6 is 11.6 Å². The van der Waals surface area contributed by atoms with Gasteiger partial charge in [-0.05, 0) is 37.6 Å². The van der Waals surface area contributed by atoms with Crippen molar-refractivity contribution < 1.29 is 9.72 Å². The molecule has 0 radical (unpaired) electrons. The summed E-state index contributed by atoms with van der Waals surface area (Å²) in [5.41, 5.74) is 4.47. The summed E-state index contributed by atoms with van der Waals surface area (Å²) in [5, 5.41) is 15.3. The van der Waals surface area contributed by atoms with Gasteiger partial charge in [0.15, 0.2) is 0 Å². The number of non-ortho nitro benzene ring substituents is 1. The number of nitrogens with zero attached hydrogens (tertiary/aromatic N) is 3. The van der Waals surface area contributed by atoms with Gasteiger partial charge >= 0.3 is 0 Å². The van der Waals surface area contributed by atoms with Crippen LogP contribution in [0.5, 0.6) is 0 Å². The molecule has 8 heteroatoms. The second kappa shape index (κ2) is 9.43. The Hall–Kier alpha value is -2.77. The summed E-state index contributed by atoms with van der Waals surface area (Å²) in [4.78, 5) is 24.9. The van der Waals surface area contributed by atoms with Crippen LogP contribution in [0.3, 0.4) is 0 Å². The number of piperidine rings is 1. The van der Waals surface area contributed by atoms with Crippen molar-refractivity contribution in [3.05, 3.63) is 74.8 Å². The maximum absolute atomic E-state index is 12.3. The third-order valence-corrected chi connectivity index (χ3v) is 5.14. The minimum absolute atomic E-state index is 0.0727. The van der Waals surface area contributed by atoms with E-state index in [4.69, 9.17) is 11.6 Å². The summed E-state index contributed by atoms with van der Waals surface area (Å²) in [6.07, 6.45) is 3.05. The molecule has 0 spiro atoms. The van der Waals surface area contributed by atoms with Gasteiger partial charge in [-0.1, -0.05) is 41.9 Å². The molecule has 0 aliphatic carbocycles. The average molecular weight is 401 g/mol. The van der Waals surface area contributed by atoms with E-state index < -0.39 is 4.92 Å². The number of hydrogen-bond acceptors (Lipinski definition) is 5. The van der Waals surface area contributed by atoms with Gasteiger partial charge < -0.3 is 0 Å². The summed E-state index contributed by atoms with van der Waals surface area (Å²) in [7, 11) is 0. The second-order valence-corrected chi connectivity index (χ2v) is 7.14. The summed E-state index contributed by atoms with van der Waals surface area (Å²) in [5.74, 6) is -0.158. The highest BCUT2D eigenvalue weighted by Crippen LogP contribution is 2.20. The first-order valence-electron chi connectivity index (χ1n) is 9.06. The first-order valence-corrected chi connectivity index (χ1v) is 9.44. The van der Waals surface area contributed by atoms with Crippen LogP contribution in [0.1, 0.15) is 24.0 Å². The lowest BCUT2D eigenvalue weighted by atomic mass is 9.96.